The van der Waals surface area contributed by atoms with Crippen LogP contribution in [0.4, 0.5) is 8.78 Å². The number of rotatable bonds is 4. The van der Waals surface area contributed by atoms with Gasteiger partial charge in [-0.1, -0.05) is 6.07 Å². The van der Waals surface area contributed by atoms with Crippen molar-refractivity contribution in [1.29, 1.82) is 0 Å². The second-order valence-corrected chi connectivity index (χ2v) is 8.07. The minimum absolute atomic E-state index is 0.0335. The highest BCUT2D eigenvalue weighted by Gasteiger charge is 2.35. The number of ether oxygens (including phenoxy) is 1. The van der Waals surface area contributed by atoms with Crippen molar-refractivity contribution in [2.45, 2.75) is 25.4 Å². The topological polar surface area (TPSA) is 63.1 Å². The van der Waals surface area contributed by atoms with Crippen LogP contribution in [-0.4, -0.2) is 39.6 Å². The van der Waals surface area contributed by atoms with Crippen molar-refractivity contribution in [3.63, 3.8) is 0 Å². The van der Waals surface area contributed by atoms with Gasteiger partial charge in [-0.2, -0.15) is 4.39 Å². The van der Waals surface area contributed by atoms with E-state index in [4.69, 9.17) is 4.74 Å². The molecule has 3 aromatic rings. The van der Waals surface area contributed by atoms with Crippen molar-refractivity contribution in [1.82, 2.24) is 19.4 Å². The van der Waals surface area contributed by atoms with E-state index in [-0.39, 0.29) is 23.1 Å². The van der Waals surface area contributed by atoms with Gasteiger partial charge in [-0.15, -0.1) is 0 Å². The van der Waals surface area contributed by atoms with Crippen molar-refractivity contribution in [2.75, 3.05) is 20.2 Å². The molecule has 6 nitrogen and oxygen atoms in total. The number of H-pyrrole nitrogens is 1. The van der Waals surface area contributed by atoms with Gasteiger partial charge in [0.1, 0.15) is 5.82 Å². The highest BCUT2D eigenvalue weighted by molar-refractivity contribution is 5.53. The predicted molar refractivity (Wildman–Crippen MR) is 107 cm³/mol. The number of benzene rings is 1. The summed E-state index contributed by atoms with van der Waals surface area (Å²) in [5.74, 6) is -0.856. The molecule has 1 fully saturated rings. The van der Waals surface area contributed by atoms with Gasteiger partial charge in [-0.3, -0.25) is 9.69 Å². The Morgan fingerprint density at radius 1 is 1.17 bits per heavy atom. The fraction of sp³-hybridized carbons (Fsp3) is 0.364. The predicted octanol–water partition coefficient (Wildman–Crippen LogP) is 3.14. The maximum atomic E-state index is 14.4. The maximum Gasteiger partial charge on any atom is 0.261 e. The molecule has 2 aliphatic heterocycles. The first-order chi connectivity index (χ1) is 14.5. The normalized spacial score (nSPS) is 20.8. The number of nitrogens with one attached hydrogen (secondary N) is 1. The third-order valence-corrected chi connectivity index (χ3v) is 6.17. The molecule has 0 aliphatic carbocycles. The van der Waals surface area contributed by atoms with E-state index in [9.17, 15) is 13.6 Å². The van der Waals surface area contributed by atoms with Crippen molar-refractivity contribution in [3.8, 4) is 17.1 Å². The molecule has 5 rings (SSSR count). The molecule has 8 heteroatoms. The summed E-state index contributed by atoms with van der Waals surface area (Å²) in [6, 6.07) is 6.86. The lowest BCUT2D eigenvalue weighted by molar-refractivity contribution is 0.113. The van der Waals surface area contributed by atoms with E-state index in [2.05, 4.69) is 14.9 Å². The van der Waals surface area contributed by atoms with E-state index in [1.165, 1.54) is 13.2 Å². The zero-order valence-corrected chi connectivity index (χ0v) is 16.6. The third kappa shape index (κ3) is 3.11. The summed E-state index contributed by atoms with van der Waals surface area (Å²) in [4.78, 5) is 22.4. The lowest BCUT2D eigenvalue weighted by Gasteiger charge is -2.43. The van der Waals surface area contributed by atoms with E-state index in [0.29, 0.717) is 36.6 Å². The highest BCUT2D eigenvalue weighted by Crippen LogP contribution is 2.36. The van der Waals surface area contributed by atoms with Gasteiger partial charge in [0, 0.05) is 55.7 Å². The molecule has 1 N–H and O–H groups in total. The van der Waals surface area contributed by atoms with Crippen molar-refractivity contribution < 1.29 is 13.5 Å². The monoisotopic (exact) mass is 412 g/mol. The quantitative estimate of drug-likeness (QED) is 0.715. The lowest BCUT2D eigenvalue weighted by Crippen LogP contribution is -2.47. The van der Waals surface area contributed by atoms with Crippen LogP contribution in [0.2, 0.25) is 0 Å². The van der Waals surface area contributed by atoms with Crippen LogP contribution < -0.4 is 10.3 Å². The van der Waals surface area contributed by atoms with Crippen LogP contribution in [0, 0.1) is 17.6 Å². The molecule has 156 valence electrons. The Morgan fingerprint density at radius 3 is 2.80 bits per heavy atom. The Bertz CT molecular complexity index is 1140. The number of aromatic nitrogens is 3. The number of likely N-dealkylation sites (tertiary alicyclic amines) is 1. The fourth-order valence-electron chi connectivity index (χ4n) is 4.86. The van der Waals surface area contributed by atoms with Crippen molar-refractivity contribution in [2.24, 2.45) is 5.92 Å². The fourth-order valence-corrected chi connectivity index (χ4v) is 4.86. The molecule has 0 radical (unpaired) electrons. The van der Waals surface area contributed by atoms with Crippen LogP contribution in [-0.2, 0) is 13.1 Å². The van der Waals surface area contributed by atoms with E-state index in [0.717, 1.165) is 18.7 Å². The van der Waals surface area contributed by atoms with Gasteiger partial charge in [-0.25, -0.2) is 9.37 Å². The molecule has 4 heterocycles. The summed E-state index contributed by atoms with van der Waals surface area (Å²) in [7, 11) is 1.32. The number of piperidine rings is 1. The standard InChI is InChI=1S/C22H22F2N4O2/c1-30-18-5-2-14(19(23)20(18)24)11-27-9-13-8-15(12-27)17-4-3-16(21-25-6-7-26-21)22(29)28(17)10-13/h2-7,13,15H,8-12H2,1H3,(H,25,26)/t13-,15+/m0/s1. The molecule has 0 amide bonds. The number of halogens is 2. The molecule has 2 aliphatic rings. The number of hydrogen-bond acceptors (Lipinski definition) is 4. The van der Waals surface area contributed by atoms with Gasteiger partial charge < -0.3 is 14.3 Å². The molecule has 1 aromatic carbocycles. The summed E-state index contributed by atoms with van der Waals surface area (Å²) >= 11 is 0. The highest BCUT2D eigenvalue weighted by atomic mass is 19.2. The molecule has 0 saturated carbocycles. The van der Waals surface area contributed by atoms with E-state index < -0.39 is 11.6 Å². The van der Waals surface area contributed by atoms with Crippen molar-refractivity contribution >= 4 is 0 Å². The Labute approximate surface area is 172 Å². The first-order valence-electron chi connectivity index (χ1n) is 10.0. The van der Waals surface area contributed by atoms with Crippen LogP contribution >= 0.6 is 0 Å². The zero-order chi connectivity index (χ0) is 20.8. The average molecular weight is 412 g/mol. The van der Waals surface area contributed by atoms with Gasteiger partial charge in [0.05, 0.1) is 12.7 Å². The third-order valence-electron chi connectivity index (χ3n) is 6.17. The zero-order valence-electron chi connectivity index (χ0n) is 16.6. The second kappa shape index (κ2) is 7.36. The van der Waals surface area contributed by atoms with Gasteiger partial charge >= 0.3 is 0 Å². The van der Waals surface area contributed by atoms with Crippen molar-refractivity contribution in [3.05, 3.63) is 69.9 Å². The largest absolute Gasteiger partial charge is 0.494 e. The van der Waals surface area contributed by atoms with Crippen LogP contribution in [0.1, 0.15) is 23.6 Å². The number of methoxy groups -OCH3 is 1. The smallest absolute Gasteiger partial charge is 0.261 e. The summed E-state index contributed by atoms with van der Waals surface area (Å²) in [5, 5.41) is 0. The SMILES string of the molecule is COc1ccc(CN2C[C@@H]3C[C@H](C2)c2ccc(-c4ncc[nH]4)c(=O)n2C3)c(F)c1F. The van der Waals surface area contributed by atoms with E-state index in [1.54, 1.807) is 18.5 Å². The van der Waals surface area contributed by atoms with E-state index in [1.807, 2.05) is 16.7 Å². The molecule has 2 bridgehead atoms. The summed E-state index contributed by atoms with van der Waals surface area (Å²) in [6.07, 6.45) is 4.33. The minimum atomic E-state index is -0.949. The van der Waals surface area contributed by atoms with Gasteiger partial charge in [-0.05, 0) is 30.5 Å². The van der Waals surface area contributed by atoms with Crippen LogP contribution in [0.5, 0.6) is 5.75 Å². The Balaban J connectivity index is 1.41. The maximum absolute atomic E-state index is 14.4. The minimum Gasteiger partial charge on any atom is -0.494 e. The first kappa shape index (κ1) is 19.0. The molecule has 2 atom stereocenters. The molecular weight excluding hydrogens is 390 g/mol. The summed E-state index contributed by atoms with van der Waals surface area (Å²) in [6.45, 7) is 2.38. The average Bonchev–Trinajstić information content (AvgIpc) is 3.27. The molecule has 0 spiro atoms. The molecule has 30 heavy (non-hydrogen) atoms. The lowest BCUT2D eigenvalue weighted by atomic mass is 9.82. The summed E-state index contributed by atoms with van der Waals surface area (Å²) < 4.78 is 35.2. The van der Waals surface area contributed by atoms with Crippen LogP contribution in [0.15, 0.2) is 41.5 Å². The van der Waals surface area contributed by atoms with Gasteiger partial charge in [0.25, 0.3) is 5.56 Å². The van der Waals surface area contributed by atoms with Gasteiger partial charge in [0.15, 0.2) is 11.6 Å². The molecule has 1 saturated heterocycles. The molecule has 2 aromatic heterocycles. The molecule has 0 unspecified atom stereocenters. The Hall–Kier alpha value is -3.00. The number of imidazole rings is 1. The number of nitrogens with zero attached hydrogens (tertiary/aromatic N) is 3. The van der Waals surface area contributed by atoms with Crippen LogP contribution in [0.25, 0.3) is 11.4 Å². The van der Waals surface area contributed by atoms with E-state index >= 15 is 0 Å². The number of hydrogen-bond donors (Lipinski definition) is 1. The molecular formula is C22H22F2N4O2. The van der Waals surface area contributed by atoms with Gasteiger partial charge in [0.2, 0.25) is 5.82 Å². The summed E-state index contributed by atoms with van der Waals surface area (Å²) in [5.41, 5.74) is 1.85. The van der Waals surface area contributed by atoms with Crippen LogP contribution in [0.3, 0.4) is 0 Å². The Kier molecular flexibility index (Phi) is 4.66. The first-order valence-corrected chi connectivity index (χ1v) is 10.0. The second-order valence-electron chi connectivity index (χ2n) is 8.07. The number of aromatic amines is 1. The number of pyridine rings is 1. The Morgan fingerprint density at radius 2 is 2.03 bits per heavy atom. The number of fused-ring (bicyclic) bond motifs is 4.